The van der Waals surface area contributed by atoms with E-state index in [1.54, 1.807) is 13.8 Å². The van der Waals surface area contributed by atoms with Gasteiger partial charge in [-0.1, -0.05) is 0 Å². The summed E-state index contributed by atoms with van der Waals surface area (Å²) < 4.78 is 0. The third-order valence-corrected chi connectivity index (χ3v) is 1.91. The second-order valence-corrected chi connectivity index (χ2v) is 3.61. The lowest BCUT2D eigenvalue weighted by Gasteiger charge is -2.00. The fourth-order valence-corrected chi connectivity index (χ4v) is 1.12. The van der Waals surface area contributed by atoms with Crippen LogP contribution in [0.5, 0.6) is 0 Å². The molecule has 0 saturated heterocycles. The molecule has 2 N–H and O–H groups in total. The Kier molecular flexibility index (Phi) is 3.81. The topological polar surface area (TPSA) is 74.6 Å². The van der Waals surface area contributed by atoms with Crippen molar-refractivity contribution >= 4 is 23.7 Å². The number of hydrogen-bond donors (Lipinski definition) is 2. The molecule has 0 aliphatic rings. The summed E-state index contributed by atoms with van der Waals surface area (Å²) in [6.07, 6.45) is 0. The van der Waals surface area contributed by atoms with Crippen LogP contribution in [0.3, 0.4) is 0 Å². The largest absolute Gasteiger partial charge is 0.480 e. The Labute approximate surface area is 68.6 Å². The average molecular weight is 177 g/mol. The van der Waals surface area contributed by atoms with Crippen molar-refractivity contribution in [3.63, 3.8) is 0 Å². The summed E-state index contributed by atoms with van der Waals surface area (Å²) in [5, 5.41) is 16.1. The summed E-state index contributed by atoms with van der Waals surface area (Å²) in [7, 11) is 0. The minimum Gasteiger partial charge on any atom is -0.480 e. The van der Waals surface area contributed by atoms with Gasteiger partial charge in [-0.25, -0.2) is 0 Å². The second-order valence-electron chi connectivity index (χ2n) is 2.08. The molecule has 0 aliphatic carbocycles. The quantitative estimate of drug-likeness (QED) is 0.491. The van der Waals surface area contributed by atoms with E-state index in [0.29, 0.717) is 0 Å². The molecule has 4 nitrogen and oxygen atoms in total. The van der Waals surface area contributed by atoms with E-state index in [9.17, 15) is 9.59 Å². The van der Waals surface area contributed by atoms with Gasteiger partial charge in [0.15, 0.2) is 5.25 Å². The Balaban J connectivity index is 4.12. The van der Waals surface area contributed by atoms with E-state index >= 15 is 0 Å². The number of carboxylic acid groups (broad SMARTS) is 2. The molecule has 0 amide bonds. The first kappa shape index (κ1) is 10.2. The highest BCUT2D eigenvalue weighted by atomic mass is 32.2. The van der Waals surface area contributed by atoms with Crippen LogP contribution in [0.15, 0.2) is 0 Å². The van der Waals surface area contributed by atoms with Crippen LogP contribution in [0.2, 0.25) is 0 Å². The number of carbonyl (C=O) groups is 2. The van der Waals surface area contributed by atoms with Crippen molar-refractivity contribution in [2.75, 3.05) is 0 Å². The van der Waals surface area contributed by atoms with E-state index in [1.165, 1.54) is 0 Å². The number of hydrogen-bond acceptors (Lipinski definition) is 3. The Morgan fingerprint density at radius 1 is 1.27 bits per heavy atom. The molecule has 0 aliphatic heterocycles. The molecule has 5 heteroatoms. The molecule has 0 bridgehead atoms. The van der Waals surface area contributed by atoms with E-state index in [0.717, 1.165) is 17.0 Å². The van der Waals surface area contributed by atoms with Crippen LogP contribution in [-0.4, -0.2) is 27.4 Å². The molecule has 0 spiro atoms. The maximum Gasteiger partial charge on any atom is 0.332 e. The third-order valence-electron chi connectivity index (χ3n) is 0.802. The normalized spacial score (nSPS) is 9.73. The Bertz CT molecular complexity index is 152. The molecular weight excluding hydrogens is 168 g/mol. The van der Waals surface area contributed by atoms with Crippen molar-refractivity contribution < 1.29 is 19.8 Å². The molecular formula is C6H9O4S+. The Morgan fingerprint density at radius 2 is 1.64 bits per heavy atom. The predicted octanol–water partition coefficient (Wildman–Crippen LogP) is 0.829. The Hall–Kier alpha value is -0.840. The van der Waals surface area contributed by atoms with Crippen LogP contribution in [0.4, 0.5) is 0 Å². The maximum absolute atomic E-state index is 10.3. The third kappa shape index (κ3) is 3.77. The van der Waals surface area contributed by atoms with Gasteiger partial charge in [-0.2, -0.15) is 0 Å². The molecule has 62 valence electrons. The minimum atomic E-state index is -1.38. The molecule has 0 aromatic heterocycles. The van der Waals surface area contributed by atoms with Crippen LogP contribution >= 0.6 is 11.8 Å². The molecule has 0 unspecified atom stereocenters. The van der Waals surface area contributed by atoms with Gasteiger partial charge in [-0.05, 0) is 0 Å². The van der Waals surface area contributed by atoms with Crippen LogP contribution in [0.25, 0.3) is 0 Å². The fourth-order valence-electron chi connectivity index (χ4n) is 0.442. The summed E-state index contributed by atoms with van der Waals surface area (Å²) in [5.74, 6) is -2.63. The summed E-state index contributed by atoms with van der Waals surface area (Å²) in [6.45, 7) is 3.34. The number of aliphatic carboxylic acids is 2. The summed E-state index contributed by atoms with van der Waals surface area (Å²) in [4.78, 5) is 20.5. The lowest BCUT2D eigenvalue weighted by atomic mass is 10.4. The van der Waals surface area contributed by atoms with Crippen molar-refractivity contribution in [2.24, 2.45) is 0 Å². The SMILES string of the molecule is C[C+](C)SC(C(=O)O)C(=O)O. The second kappa shape index (κ2) is 4.12. The van der Waals surface area contributed by atoms with E-state index in [-0.39, 0.29) is 0 Å². The lowest BCUT2D eigenvalue weighted by molar-refractivity contribution is -0.146. The van der Waals surface area contributed by atoms with Gasteiger partial charge in [0.05, 0.1) is 25.6 Å². The van der Waals surface area contributed by atoms with Gasteiger partial charge in [-0.3, -0.25) is 9.59 Å². The average Bonchev–Trinajstić information content (AvgIpc) is 1.81. The van der Waals surface area contributed by atoms with E-state index in [1.807, 2.05) is 0 Å². The molecule has 0 heterocycles. The van der Waals surface area contributed by atoms with Gasteiger partial charge < -0.3 is 10.2 Å². The first-order valence-electron chi connectivity index (χ1n) is 2.87. The molecule has 0 aromatic rings. The molecule has 11 heavy (non-hydrogen) atoms. The highest BCUT2D eigenvalue weighted by molar-refractivity contribution is 8.04. The zero-order valence-electron chi connectivity index (χ0n) is 6.20. The first-order chi connectivity index (χ1) is 4.95. The molecule has 0 saturated carbocycles. The van der Waals surface area contributed by atoms with Crippen molar-refractivity contribution in [1.82, 2.24) is 0 Å². The minimum absolute atomic E-state index is 0.722. The van der Waals surface area contributed by atoms with Crippen LogP contribution in [-0.2, 0) is 9.59 Å². The van der Waals surface area contributed by atoms with Gasteiger partial charge in [0.25, 0.3) is 0 Å². The maximum atomic E-state index is 10.3. The highest BCUT2D eigenvalue weighted by Gasteiger charge is 2.33. The number of carboxylic acids is 2. The smallest absolute Gasteiger partial charge is 0.332 e. The summed E-state index contributed by atoms with van der Waals surface area (Å²) in [5.41, 5.74) is 0. The molecule has 0 atom stereocenters. The van der Waals surface area contributed by atoms with E-state index in [2.05, 4.69) is 0 Å². The summed E-state index contributed by atoms with van der Waals surface area (Å²) in [6, 6.07) is 0. The van der Waals surface area contributed by atoms with Crippen LogP contribution in [0.1, 0.15) is 13.8 Å². The Morgan fingerprint density at radius 3 is 1.73 bits per heavy atom. The number of rotatable bonds is 4. The fraction of sp³-hybridized carbons (Fsp3) is 0.500. The van der Waals surface area contributed by atoms with Crippen LogP contribution in [0, 0.1) is 5.25 Å². The van der Waals surface area contributed by atoms with Gasteiger partial charge >= 0.3 is 11.9 Å². The first-order valence-corrected chi connectivity index (χ1v) is 3.75. The zero-order chi connectivity index (χ0) is 9.02. The summed E-state index contributed by atoms with van der Waals surface area (Å²) >= 11 is 0.833. The van der Waals surface area contributed by atoms with Crippen molar-refractivity contribution in [3.05, 3.63) is 5.25 Å². The van der Waals surface area contributed by atoms with Gasteiger partial charge in [0.1, 0.15) is 0 Å². The van der Waals surface area contributed by atoms with Crippen LogP contribution < -0.4 is 0 Å². The lowest BCUT2D eigenvalue weighted by Crippen LogP contribution is -2.26. The zero-order valence-corrected chi connectivity index (χ0v) is 7.01. The molecule has 0 radical (unpaired) electrons. The van der Waals surface area contributed by atoms with E-state index < -0.39 is 17.2 Å². The monoisotopic (exact) mass is 177 g/mol. The molecule has 0 rings (SSSR count). The standard InChI is InChI=1S/C6H8O4S/c1-3(2)11-4(5(7)8)6(9)10/h4H,1-2H3,(H-,7,8,9,10)/p+1. The molecule has 0 fully saturated rings. The van der Waals surface area contributed by atoms with Gasteiger partial charge in [-0.15, -0.1) is 0 Å². The van der Waals surface area contributed by atoms with Crippen molar-refractivity contribution in [1.29, 1.82) is 0 Å². The van der Waals surface area contributed by atoms with Gasteiger partial charge in [0.2, 0.25) is 5.25 Å². The highest BCUT2D eigenvalue weighted by Crippen LogP contribution is 2.23. The predicted molar refractivity (Wildman–Crippen MR) is 41.2 cm³/mol. The van der Waals surface area contributed by atoms with Crippen molar-refractivity contribution in [2.45, 2.75) is 19.1 Å². The van der Waals surface area contributed by atoms with E-state index in [4.69, 9.17) is 10.2 Å². The van der Waals surface area contributed by atoms with Gasteiger partial charge in [0, 0.05) is 0 Å². The van der Waals surface area contributed by atoms with Crippen molar-refractivity contribution in [3.8, 4) is 0 Å². The number of thioether (sulfide) groups is 1. The molecule has 0 aromatic carbocycles.